The zero-order valence-corrected chi connectivity index (χ0v) is 71.7. The minimum Gasteiger partial charge on any atom is -0.462 e. The molecule has 0 amide bonds. The molecule has 0 saturated heterocycles. The number of aliphatic hydroxyl groups is 1. The Balaban J connectivity index is 5.15. The summed E-state index contributed by atoms with van der Waals surface area (Å²) in [5.41, 5.74) is 0. The van der Waals surface area contributed by atoms with E-state index in [-0.39, 0.29) is 25.7 Å². The van der Waals surface area contributed by atoms with Gasteiger partial charge in [-0.1, -0.05) is 408 Å². The molecular weight excluding hydrogens is 1380 g/mol. The third-order valence-electron chi connectivity index (χ3n) is 21.1. The molecule has 0 aromatic carbocycles. The Morgan fingerprint density at radius 1 is 0.274 bits per heavy atom. The molecule has 0 aliphatic carbocycles. The van der Waals surface area contributed by atoms with Gasteiger partial charge in [0.1, 0.15) is 19.3 Å². The summed E-state index contributed by atoms with van der Waals surface area (Å²) >= 11 is 0. The van der Waals surface area contributed by atoms with Gasteiger partial charge in [0, 0.05) is 25.7 Å². The van der Waals surface area contributed by atoms with Crippen molar-refractivity contribution in [2.24, 2.45) is 17.8 Å². The molecule has 0 radical (unpaired) electrons. The van der Waals surface area contributed by atoms with E-state index in [0.717, 1.165) is 120 Å². The predicted molar refractivity (Wildman–Crippen MR) is 437 cm³/mol. The highest BCUT2D eigenvalue weighted by molar-refractivity contribution is 7.47. The molecule has 0 aromatic rings. The minimum absolute atomic E-state index is 0.107. The average Bonchev–Trinajstić information content (AvgIpc) is 0.891. The molecule has 0 fully saturated rings. The van der Waals surface area contributed by atoms with E-state index in [1.165, 1.54) is 257 Å². The summed E-state index contributed by atoms with van der Waals surface area (Å²) in [4.78, 5) is 73.1. The lowest BCUT2D eigenvalue weighted by molar-refractivity contribution is -0.161. The van der Waals surface area contributed by atoms with Gasteiger partial charge in [-0.3, -0.25) is 37.3 Å². The van der Waals surface area contributed by atoms with Crippen LogP contribution in [-0.4, -0.2) is 96.7 Å². The molecule has 4 unspecified atom stereocenters. The molecule has 106 heavy (non-hydrogen) atoms. The van der Waals surface area contributed by atoms with Crippen LogP contribution in [-0.2, 0) is 65.4 Å². The van der Waals surface area contributed by atoms with Crippen molar-refractivity contribution in [1.29, 1.82) is 0 Å². The third kappa shape index (κ3) is 77.4. The fourth-order valence-electron chi connectivity index (χ4n) is 13.5. The fourth-order valence-corrected chi connectivity index (χ4v) is 15.1. The second kappa shape index (κ2) is 77.0. The zero-order chi connectivity index (χ0) is 77.9. The highest BCUT2D eigenvalue weighted by atomic mass is 31.2. The summed E-state index contributed by atoms with van der Waals surface area (Å²) in [5.74, 6) is 0.413. The molecular formula is C87H170O17P2. The summed E-state index contributed by atoms with van der Waals surface area (Å²) in [6.07, 6.45) is 68.2. The summed E-state index contributed by atoms with van der Waals surface area (Å²) < 4.78 is 68.8. The van der Waals surface area contributed by atoms with Crippen LogP contribution in [0.1, 0.15) is 459 Å². The molecule has 17 nitrogen and oxygen atoms in total. The van der Waals surface area contributed by atoms with Crippen molar-refractivity contribution in [3.63, 3.8) is 0 Å². The van der Waals surface area contributed by atoms with E-state index in [1.54, 1.807) is 0 Å². The van der Waals surface area contributed by atoms with Gasteiger partial charge in [0.2, 0.25) is 0 Å². The van der Waals surface area contributed by atoms with E-state index in [1.807, 2.05) is 0 Å². The second-order valence-corrected chi connectivity index (χ2v) is 35.1. The van der Waals surface area contributed by atoms with Crippen LogP contribution < -0.4 is 0 Å². The van der Waals surface area contributed by atoms with Crippen LogP contribution in [0.5, 0.6) is 0 Å². The smallest absolute Gasteiger partial charge is 0.462 e. The SMILES string of the molecule is CCCCCCCCCC(=O)OC[C@H](COP(=O)(O)OC[C@H](O)COP(=O)(O)OC[C@@H](COC(=O)CCCCCCCCCCCCCCCCCCCCC(C)CC)OC(=O)CCCCCCCCCCCCCCCCCCCCC(C)CC)OC(=O)CCCCCCCCCCCCCCC(C)C. The Kier molecular flexibility index (Phi) is 75.6. The van der Waals surface area contributed by atoms with Crippen molar-refractivity contribution in [3.8, 4) is 0 Å². The van der Waals surface area contributed by atoms with Crippen LogP contribution in [0.3, 0.4) is 0 Å². The van der Waals surface area contributed by atoms with Gasteiger partial charge in [0.25, 0.3) is 0 Å². The van der Waals surface area contributed by atoms with Gasteiger partial charge < -0.3 is 33.8 Å². The summed E-state index contributed by atoms with van der Waals surface area (Å²) in [7, 11) is -9.92. The van der Waals surface area contributed by atoms with Crippen molar-refractivity contribution in [2.75, 3.05) is 39.6 Å². The number of hydrogen-bond donors (Lipinski definition) is 3. The Bertz CT molecular complexity index is 2050. The van der Waals surface area contributed by atoms with Crippen molar-refractivity contribution >= 4 is 39.5 Å². The van der Waals surface area contributed by atoms with Gasteiger partial charge in [-0.2, -0.15) is 0 Å². The Hall–Kier alpha value is -1.94. The number of phosphoric acid groups is 2. The summed E-state index contributed by atoms with van der Waals surface area (Å²) in [6, 6.07) is 0. The molecule has 7 atom stereocenters. The molecule has 3 N–H and O–H groups in total. The van der Waals surface area contributed by atoms with Gasteiger partial charge in [0.15, 0.2) is 12.2 Å². The quantitative estimate of drug-likeness (QED) is 0.0222. The maximum absolute atomic E-state index is 13.2. The Labute approximate surface area is 651 Å². The highest BCUT2D eigenvalue weighted by Gasteiger charge is 2.31. The molecule has 630 valence electrons. The lowest BCUT2D eigenvalue weighted by atomic mass is 9.99. The van der Waals surface area contributed by atoms with E-state index in [0.29, 0.717) is 25.7 Å². The van der Waals surface area contributed by atoms with Gasteiger partial charge in [0.05, 0.1) is 26.4 Å². The van der Waals surface area contributed by atoms with Crippen molar-refractivity contribution in [2.45, 2.75) is 478 Å². The van der Waals surface area contributed by atoms with Crippen LogP contribution >= 0.6 is 15.6 Å². The van der Waals surface area contributed by atoms with E-state index < -0.39 is 97.5 Å². The number of unbranched alkanes of at least 4 members (excludes halogenated alkanes) is 51. The van der Waals surface area contributed by atoms with E-state index in [9.17, 15) is 43.2 Å². The number of phosphoric ester groups is 2. The van der Waals surface area contributed by atoms with E-state index >= 15 is 0 Å². The highest BCUT2D eigenvalue weighted by Crippen LogP contribution is 2.45. The first-order valence-electron chi connectivity index (χ1n) is 44.9. The molecule has 0 saturated carbocycles. The van der Waals surface area contributed by atoms with Crippen molar-refractivity contribution in [1.82, 2.24) is 0 Å². The normalized spacial score (nSPS) is 14.4. The molecule has 0 rings (SSSR count). The molecule has 0 heterocycles. The first-order chi connectivity index (χ1) is 51.3. The van der Waals surface area contributed by atoms with Crippen LogP contribution in [0.4, 0.5) is 0 Å². The lowest BCUT2D eigenvalue weighted by Crippen LogP contribution is -2.30. The van der Waals surface area contributed by atoms with Crippen LogP contribution in [0.25, 0.3) is 0 Å². The zero-order valence-electron chi connectivity index (χ0n) is 69.9. The predicted octanol–water partition coefficient (Wildman–Crippen LogP) is 26.5. The number of carbonyl (C=O) groups excluding carboxylic acids is 4. The van der Waals surface area contributed by atoms with Crippen molar-refractivity contribution in [3.05, 3.63) is 0 Å². The number of hydrogen-bond acceptors (Lipinski definition) is 15. The van der Waals surface area contributed by atoms with Crippen LogP contribution in [0, 0.1) is 17.8 Å². The average molecular weight is 1550 g/mol. The monoisotopic (exact) mass is 1550 g/mol. The molecule has 0 aliphatic rings. The third-order valence-corrected chi connectivity index (χ3v) is 23.0. The maximum atomic E-state index is 13.2. The number of rotatable bonds is 85. The first-order valence-corrected chi connectivity index (χ1v) is 47.9. The molecule has 0 aliphatic heterocycles. The number of esters is 4. The van der Waals surface area contributed by atoms with Gasteiger partial charge >= 0.3 is 39.5 Å². The number of carbonyl (C=O) groups is 4. The lowest BCUT2D eigenvalue weighted by Gasteiger charge is -2.21. The van der Waals surface area contributed by atoms with Gasteiger partial charge in [-0.15, -0.1) is 0 Å². The first kappa shape index (κ1) is 104. The van der Waals surface area contributed by atoms with Gasteiger partial charge in [-0.05, 0) is 43.4 Å². The summed E-state index contributed by atoms with van der Waals surface area (Å²) in [5, 5.41) is 10.7. The molecule has 0 spiro atoms. The van der Waals surface area contributed by atoms with Gasteiger partial charge in [-0.25, -0.2) is 9.13 Å². The minimum atomic E-state index is -4.97. The largest absolute Gasteiger partial charge is 0.472 e. The molecule has 0 bridgehead atoms. The van der Waals surface area contributed by atoms with E-state index in [2.05, 4.69) is 48.5 Å². The number of ether oxygens (including phenoxy) is 4. The second-order valence-electron chi connectivity index (χ2n) is 32.2. The van der Waals surface area contributed by atoms with Crippen LogP contribution in [0.2, 0.25) is 0 Å². The Morgan fingerprint density at radius 3 is 0.717 bits per heavy atom. The number of aliphatic hydroxyl groups excluding tert-OH is 1. The fraction of sp³-hybridized carbons (Fsp3) is 0.954. The molecule has 0 aromatic heterocycles. The van der Waals surface area contributed by atoms with E-state index in [4.69, 9.17) is 37.0 Å². The van der Waals surface area contributed by atoms with Crippen LogP contribution in [0.15, 0.2) is 0 Å². The standard InChI is InChI=1S/C87H170O17P2/c1-8-11-12-13-44-54-61-68-84(89)97-74-82(103-86(91)71-64-57-50-43-37-31-30-32-38-45-51-58-65-78(4)5)76-101-105(93,94)99-72-81(88)73-100-106(95,96)102-77-83(104-87(92)70-63-56-49-42-36-29-25-21-17-15-19-23-27-34-40-47-53-60-67-80(7)10-3)75-98-85(90)69-62-55-48-41-35-28-24-20-16-14-18-22-26-33-39-46-52-59-66-79(6)9-2/h78-83,88H,8-77H2,1-7H3,(H,93,94)(H,95,96)/t79?,80?,81-,82+,83+/m0/s1. The van der Waals surface area contributed by atoms with Crippen molar-refractivity contribution < 1.29 is 80.2 Å². The maximum Gasteiger partial charge on any atom is 0.472 e. The summed E-state index contributed by atoms with van der Waals surface area (Å²) in [6.45, 7) is 12.1. The molecule has 19 heteroatoms. The Morgan fingerprint density at radius 2 is 0.481 bits per heavy atom. The topological polar surface area (TPSA) is 237 Å².